The van der Waals surface area contributed by atoms with Gasteiger partial charge in [-0.2, -0.15) is 4.98 Å². The average molecular weight is 361 g/mol. The van der Waals surface area contributed by atoms with Gasteiger partial charge in [-0.25, -0.2) is 9.64 Å². The van der Waals surface area contributed by atoms with Crippen molar-refractivity contribution in [3.63, 3.8) is 0 Å². The number of para-hydroxylation sites is 1. The van der Waals surface area contributed by atoms with Crippen LogP contribution in [0.15, 0.2) is 69.9 Å². The zero-order valence-electron chi connectivity index (χ0n) is 13.3. The number of nitrogens with one attached hydrogen (secondary N) is 1. The third-order valence-corrected chi connectivity index (χ3v) is 4.43. The van der Waals surface area contributed by atoms with Gasteiger partial charge in [0.1, 0.15) is 16.3 Å². The van der Waals surface area contributed by atoms with Gasteiger partial charge in [0.2, 0.25) is 5.00 Å². The van der Waals surface area contributed by atoms with Crippen LogP contribution in [0.4, 0.5) is 16.7 Å². The third-order valence-electron chi connectivity index (χ3n) is 3.51. The second-order valence-corrected chi connectivity index (χ2v) is 6.30. The molecule has 0 unspecified atom stereocenters. The quantitative estimate of drug-likeness (QED) is 0.497. The van der Waals surface area contributed by atoms with Crippen molar-refractivity contribution in [2.24, 2.45) is 0 Å². The molecule has 2 aromatic heterocycles. The van der Waals surface area contributed by atoms with Gasteiger partial charge in [-0.05, 0) is 42.5 Å². The molecule has 2 aromatic carbocycles. The van der Waals surface area contributed by atoms with Crippen LogP contribution in [0.2, 0.25) is 0 Å². The lowest BCUT2D eigenvalue weighted by Crippen LogP contribution is -2.03. The van der Waals surface area contributed by atoms with Crippen LogP contribution in [0.3, 0.4) is 0 Å². The van der Waals surface area contributed by atoms with Crippen LogP contribution in [0.1, 0.15) is 0 Å². The Hall–Kier alpha value is -3.63. The van der Waals surface area contributed by atoms with Gasteiger partial charge in [0.25, 0.3) is 0 Å². The van der Waals surface area contributed by atoms with Crippen LogP contribution >= 0.6 is 11.3 Å². The van der Waals surface area contributed by atoms with E-state index in [1.165, 1.54) is 6.07 Å². The highest BCUT2D eigenvalue weighted by Gasteiger charge is 2.10. The lowest BCUT2D eigenvalue weighted by molar-refractivity contribution is 0.482. The molecule has 7 heteroatoms. The highest BCUT2D eigenvalue weighted by molar-refractivity contribution is 7.22. The highest BCUT2D eigenvalue weighted by Crippen LogP contribution is 2.30. The maximum absolute atomic E-state index is 12.0. The minimum absolute atomic E-state index is 0.0811. The van der Waals surface area contributed by atoms with E-state index in [1.807, 2.05) is 30.3 Å². The predicted octanol–water partition coefficient (Wildman–Crippen LogP) is 5.34. The topological polar surface area (TPSA) is 68.7 Å². The lowest BCUT2D eigenvalue weighted by Gasteiger charge is -2.07. The smallest absolute Gasteiger partial charge is 0.347 e. The number of nitrogens with zero attached hydrogens (tertiary/aromatic N) is 2. The van der Waals surface area contributed by atoms with Crippen LogP contribution < -0.4 is 15.7 Å². The number of fused-ring (bicyclic) bond motifs is 1. The first-order chi connectivity index (χ1) is 12.7. The molecule has 2 heterocycles. The summed E-state index contributed by atoms with van der Waals surface area (Å²) in [5, 5.41) is 3.67. The Balaban J connectivity index is 1.55. The summed E-state index contributed by atoms with van der Waals surface area (Å²) in [4.78, 5) is 20.1. The predicted molar refractivity (Wildman–Crippen MR) is 101 cm³/mol. The molecule has 126 valence electrons. The number of anilines is 2. The first kappa shape index (κ1) is 15.9. The van der Waals surface area contributed by atoms with Crippen LogP contribution in [0.5, 0.6) is 11.5 Å². The maximum Gasteiger partial charge on any atom is 0.347 e. The number of benzene rings is 2. The summed E-state index contributed by atoms with van der Waals surface area (Å²) < 4.78 is 10.9. The molecule has 0 amide bonds. The zero-order valence-corrected chi connectivity index (χ0v) is 14.1. The number of ether oxygens (including phenoxy) is 1. The van der Waals surface area contributed by atoms with Crippen molar-refractivity contribution < 1.29 is 9.15 Å². The number of hydrogen-bond donors (Lipinski definition) is 1. The maximum atomic E-state index is 12.0. The van der Waals surface area contributed by atoms with E-state index in [-0.39, 0.29) is 6.01 Å². The van der Waals surface area contributed by atoms with Crippen molar-refractivity contribution in [1.82, 2.24) is 4.98 Å². The van der Waals surface area contributed by atoms with E-state index >= 15 is 0 Å². The third kappa shape index (κ3) is 3.27. The Morgan fingerprint density at radius 2 is 1.81 bits per heavy atom. The molecule has 0 spiro atoms. The number of rotatable bonds is 4. The van der Waals surface area contributed by atoms with Crippen molar-refractivity contribution in [2.45, 2.75) is 0 Å². The van der Waals surface area contributed by atoms with Gasteiger partial charge in [0.05, 0.1) is 12.0 Å². The minimum atomic E-state index is -0.521. The largest absolute Gasteiger partial charge is 0.457 e. The molecule has 0 bridgehead atoms. The Morgan fingerprint density at radius 3 is 2.54 bits per heavy atom. The van der Waals surface area contributed by atoms with E-state index < -0.39 is 5.63 Å². The molecule has 1 N–H and O–H groups in total. The summed E-state index contributed by atoms with van der Waals surface area (Å²) in [5.74, 6) is 1.44. The second kappa shape index (κ2) is 6.70. The van der Waals surface area contributed by atoms with Crippen molar-refractivity contribution in [1.29, 1.82) is 0 Å². The summed E-state index contributed by atoms with van der Waals surface area (Å²) in [6.07, 6.45) is 0. The number of thiophene rings is 1. The number of aromatic nitrogens is 1. The fourth-order valence-corrected chi connectivity index (χ4v) is 3.12. The van der Waals surface area contributed by atoms with E-state index in [2.05, 4.69) is 15.1 Å². The Morgan fingerprint density at radius 1 is 1.08 bits per heavy atom. The van der Waals surface area contributed by atoms with Crippen molar-refractivity contribution in [3.05, 3.63) is 82.5 Å². The molecule has 0 saturated heterocycles. The van der Waals surface area contributed by atoms with Gasteiger partial charge in [0.15, 0.2) is 0 Å². The number of hydrogen-bond acceptors (Lipinski definition) is 6. The molecule has 0 aliphatic carbocycles. The summed E-state index contributed by atoms with van der Waals surface area (Å²) in [5.41, 5.74) is 0.176. The molecule has 0 atom stereocenters. The summed E-state index contributed by atoms with van der Waals surface area (Å²) in [6, 6.07) is 18.2. The van der Waals surface area contributed by atoms with Crippen molar-refractivity contribution in [3.8, 4) is 11.5 Å². The van der Waals surface area contributed by atoms with Gasteiger partial charge < -0.3 is 14.5 Å². The summed E-state index contributed by atoms with van der Waals surface area (Å²) in [7, 11) is 0. The molecule has 0 fully saturated rings. The van der Waals surface area contributed by atoms with E-state index in [0.717, 1.165) is 17.1 Å². The molecule has 26 heavy (non-hydrogen) atoms. The molecular formula is C19H11N3O3S. The van der Waals surface area contributed by atoms with Crippen LogP contribution in [-0.2, 0) is 0 Å². The van der Waals surface area contributed by atoms with Crippen molar-refractivity contribution >= 4 is 38.3 Å². The normalized spacial score (nSPS) is 10.4. The van der Waals surface area contributed by atoms with E-state index in [1.54, 1.807) is 24.3 Å². The van der Waals surface area contributed by atoms with Gasteiger partial charge >= 0.3 is 11.6 Å². The van der Waals surface area contributed by atoms with Crippen LogP contribution in [0.25, 0.3) is 15.1 Å². The fourth-order valence-electron chi connectivity index (χ4n) is 2.32. The van der Waals surface area contributed by atoms with Gasteiger partial charge in [0, 0.05) is 5.69 Å². The average Bonchev–Trinajstić information content (AvgIpc) is 3.08. The molecule has 4 rings (SSSR count). The Kier molecular flexibility index (Phi) is 4.09. The van der Waals surface area contributed by atoms with E-state index in [0.29, 0.717) is 26.7 Å². The summed E-state index contributed by atoms with van der Waals surface area (Å²) >= 11 is 1.15. The molecule has 0 radical (unpaired) electrons. The standard InChI is InChI=1S/C19H11N3O3S/c1-20-16-11-15-17(26-16)22-19(25-18(15)23)21-12-7-9-14(10-8-12)24-13-5-3-2-4-6-13/h2-11H,(H,21,22). The molecule has 0 aliphatic rings. The first-order valence-electron chi connectivity index (χ1n) is 7.63. The fraction of sp³-hybridized carbons (Fsp3) is 0. The van der Waals surface area contributed by atoms with E-state index in [4.69, 9.17) is 15.7 Å². The minimum Gasteiger partial charge on any atom is -0.457 e. The molecule has 6 nitrogen and oxygen atoms in total. The summed E-state index contributed by atoms with van der Waals surface area (Å²) in [6.45, 7) is 7.03. The molecule has 0 aliphatic heterocycles. The van der Waals surface area contributed by atoms with Gasteiger partial charge in [-0.3, -0.25) is 0 Å². The van der Waals surface area contributed by atoms with Crippen LogP contribution in [-0.4, -0.2) is 4.98 Å². The first-order valence-corrected chi connectivity index (χ1v) is 8.45. The Labute approximate surface area is 152 Å². The molecular weight excluding hydrogens is 350 g/mol. The van der Waals surface area contributed by atoms with Crippen molar-refractivity contribution in [2.75, 3.05) is 5.32 Å². The van der Waals surface area contributed by atoms with Gasteiger partial charge in [-0.1, -0.05) is 18.2 Å². The molecule has 4 aromatic rings. The lowest BCUT2D eigenvalue weighted by atomic mass is 10.3. The second-order valence-electron chi connectivity index (χ2n) is 5.29. The zero-order chi connectivity index (χ0) is 17.9. The SMILES string of the molecule is [C-]#[N+]c1cc2c(=O)oc(Nc3ccc(Oc4ccccc4)cc3)nc2s1. The van der Waals surface area contributed by atoms with Crippen LogP contribution in [0, 0.1) is 6.57 Å². The highest BCUT2D eigenvalue weighted by atomic mass is 32.1. The van der Waals surface area contributed by atoms with E-state index in [9.17, 15) is 4.79 Å². The van der Waals surface area contributed by atoms with Gasteiger partial charge in [-0.15, -0.1) is 11.3 Å². The Bertz CT molecular complexity index is 1160. The monoisotopic (exact) mass is 361 g/mol. The molecule has 0 saturated carbocycles.